The number of nitrogens with zero attached hydrogens (tertiary/aromatic N) is 4. The van der Waals surface area contributed by atoms with Crippen molar-refractivity contribution in [2.75, 3.05) is 11.4 Å². The largest absolute Gasteiger partial charge is 0.327 e. The summed E-state index contributed by atoms with van der Waals surface area (Å²) in [7, 11) is 1.81. The van der Waals surface area contributed by atoms with Crippen LogP contribution in [0.5, 0.6) is 0 Å². The predicted octanol–water partition coefficient (Wildman–Crippen LogP) is 2.22. The molecule has 0 bridgehead atoms. The predicted molar refractivity (Wildman–Crippen MR) is 105 cm³/mol. The summed E-state index contributed by atoms with van der Waals surface area (Å²) in [6.07, 6.45) is 3.22. The fourth-order valence-corrected chi connectivity index (χ4v) is 4.03. The van der Waals surface area contributed by atoms with Crippen LogP contribution < -0.4 is 15.5 Å². The zero-order valence-corrected chi connectivity index (χ0v) is 17.2. The van der Waals surface area contributed by atoms with Gasteiger partial charge in [-0.3, -0.25) is 14.4 Å². The number of hydrogen-bond acceptors (Lipinski definition) is 5. The van der Waals surface area contributed by atoms with Gasteiger partial charge in [0.1, 0.15) is 11.0 Å². The molecule has 1 aliphatic rings. The van der Waals surface area contributed by atoms with Gasteiger partial charge in [0.15, 0.2) is 5.82 Å². The van der Waals surface area contributed by atoms with E-state index in [-0.39, 0.29) is 11.9 Å². The van der Waals surface area contributed by atoms with Crippen molar-refractivity contribution in [1.29, 1.82) is 0 Å². The molecule has 146 valence electrons. The first kappa shape index (κ1) is 19.3. The monoisotopic (exact) mass is 390 g/mol. The summed E-state index contributed by atoms with van der Waals surface area (Å²) in [5, 5.41) is 10.9. The molecule has 1 atom stereocenters. The number of piperidine rings is 1. The summed E-state index contributed by atoms with van der Waals surface area (Å²) >= 11 is 1.57. The summed E-state index contributed by atoms with van der Waals surface area (Å²) in [6, 6.07) is 0.874. The Morgan fingerprint density at radius 2 is 2.11 bits per heavy atom. The molecule has 0 aliphatic carbocycles. The minimum Gasteiger partial charge on any atom is -0.327 e. The van der Waals surface area contributed by atoms with E-state index in [9.17, 15) is 9.59 Å². The summed E-state index contributed by atoms with van der Waals surface area (Å²) in [6.45, 7) is 8.40. The normalized spacial score (nSPS) is 17.9. The lowest BCUT2D eigenvalue weighted by Gasteiger charge is -2.32. The number of aryl methyl sites for hydroxylation is 3. The van der Waals surface area contributed by atoms with Gasteiger partial charge in [-0.2, -0.15) is 5.10 Å². The van der Waals surface area contributed by atoms with Crippen LogP contribution in [0.25, 0.3) is 0 Å². The lowest BCUT2D eigenvalue weighted by atomic mass is 10.0. The van der Waals surface area contributed by atoms with Crippen LogP contribution in [0.4, 0.5) is 10.6 Å². The Morgan fingerprint density at radius 3 is 2.70 bits per heavy atom. The first-order chi connectivity index (χ1) is 12.7. The maximum absolute atomic E-state index is 12.8. The van der Waals surface area contributed by atoms with Gasteiger partial charge in [0, 0.05) is 30.7 Å². The van der Waals surface area contributed by atoms with Crippen LogP contribution >= 0.6 is 11.3 Å². The Balaban J connectivity index is 1.65. The standard InChI is InChI=1S/C18H26N6O2S/c1-11-12(2)27-16(19-11)18(3,4)21-17(26)20-13-7-6-9-24(15(13)25)14-8-10-23(5)22-14/h8,10,13H,6-7,9H2,1-5H3,(H2,20,21,26)/t13-/m0/s1. The smallest absolute Gasteiger partial charge is 0.316 e. The van der Waals surface area contributed by atoms with E-state index in [2.05, 4.69) is 20.7 Å². The average molecular weight is 391 g/mol. The van der Waals surface area contributed by atoms with Gasteiger partial charge in [-0.1, -0.05) is 0 Å². The lowest BCUT2D eigenvalue weighted by Crippen LogP contribution is -2.56. The van der Waals surface area contributed by atoms with Gasteiger partial charge >= 0.3 is 6.03 Å². The van der Waals surface area contributed by atoms with E-state index in [0.29, 0.717) is 18.8 Å². The molecule has 2 aromatic rings. The maximum atomic E-state index is 12.8. The molecule has 1 aliphatic heterocycles. The molecule has 9 heteroatoms. The van der Waals surface area contributed by atoms with Crippen LogP contribution in [0.2, 0.25) is 0 Å². The number of anilines is 1. The van der Waals surface area contributed by atoms with Crippen molar-refractivity contribution in [3.8, 4) is 0 Å². The molecule has 3 rings (SSSR count). The van der Waals surface area contributed by atoms with Gasteiger partial charge < -0.3 is 10.6 Å². The summed E-state index contributed by atoms with van der Waals surface area (Å²) in [4.78, 5) is 32.6. The van der Waals surface area contributed by atoms with Crippen LogP contribution in [0.1, 0.15) is 42.3 Å². The van der Waals surface area contributed by atoms with E-state index >= 15 is 0 Å². The Hall–Kier alpha value is -2.42. The van der Waals surface area contributed by atoms with Crippen molar-refractivity contribution >= 4 is 29.1 Å². The number of carbonyl (C=O) groups excluding carboxylic acids is 2. The Bertz CT molecular complexity index is 836. The number of hydrogen-bond donors (Lipinski definition) is 2. The number of amides is 3. The van der Waals surface area contributed by atoms with Crippen LogP contribution in [-0.4, -0.2) is 39.3 Å². The van der Waals surface area contributed by atoms with E-state index < -0.39 is 11.6 Å². The van der Waals surface area contributed by atoms with Crippen LogP contribution in [-0.2, 0) is 17.4 Å². The molecule has 2 aromatic heterocycles. The second kappa shape index (κ2) is 7.30. The molecule has 27 heavy (non-hydrogen) atoms. The number of carbonyl (C=O) groups is 2. The minimum atomic E-state index is -0.619. The van der Waals surface area contributed by atoms with Crippen LogP contribution in [0.15, 0.2) is 12.3 Å². The van der Waals surface area contributed by atoms with Gasteiger partial charge in [-0.25, -0.2) is 9.78 Å². The average Bonchev–Trinajstić information content (AvgIpc) is 3.15. The highest BCUT2D eigenvalue weighted by Crippen LogP contribution is 2.27. The maximum Gasteiger partial charge on any atom is 0.316 e. The highest BCUT2D eigenvalue weighted by Gasteiger charge is 2.33. The second-order valence-electron chi connectivity index (χ2n) is 7.42. The first-order valence-electron chi connectivity index (χ1n) is 9.01. The van der Waals surface area contributed by atoms with Gasteiger partial charge in [0.05, 0.1) is 11.2 Å². The minimum absolute atomic E-state index is 0.131. The molecule has 0 saturated carbocycles. The molecule has 0 aromatic carbocycles. The van der Waals surface area contributed by atoms with E-state index in [4.69, 9.17) is 0 Å². The Labute approximate surface area is 163 Å². The molecule has 0 unspecified atom stereocenters. The molecule has 2 N–H and O–H groups in total. The van der Waals surface area contributed by atoms with E-state index in [1.807, 2.05) is 34.7 Å². The van der Waals surface area contributed by atoms with Gasteiger partial charge in [0.25, 0.3) is 5.91 Å². The van der Waals surface area contributed by atoms with Crippen molar-refractivity contribution in [2.45, 2.75) is 52.1 Å². The van der Waals surface area contributed by atoms with Gasteiger partial charge in [-0.05, 0) is 40.5 Å². The third-order valence-electron chi connectivity index (χ3n) is 4.71. The van der Waals surface area contributed by atoms with E-state index in [1.54, 1.807) is 33.2 Å². The van der Waals surface area contributed by atoms with E-state index in [0.717, 1.165) is 22.0 Å². The van der Waals surface area contributed by atoms with Crippen LogP contribution in [0.3, 0.4) is 0 Å². The van der Waals surface area contributed by atoms with E-state index in [1.165, 1.54) is 0 Å². The molecular weight excluding hydrogens is 364 g/mol. The molecule has 1 saturated heterocycles. The molecule has 0 spiro atoms. The fourth-order valence-electron chi connectivity index (χ4n) is 3.06. The van der Waals surface area contributed by atoms with Crippen molar-refractivity contribution in [1.82, 2.24) is 25.4 Å². The molecule has 8 nitrogen and oxygen atoms in total. The number of rotatable bonds is 4. The topological polar surface area (TPSA) is 92.2 Å². The molecular formula is C18H26N6O2S. The highest BCUT2D eigenvalue weighted by molar-refractivity contribution is 7.11. The molecule has 1 fully saturated rings. The number of aromatic nitrogens is 3. The zero-order chi connectivity index (χ0) is 19.8. The Kier molecular flexibility index (Phi) is 5.23. The van der Waals surface area contributed by atoms with Crippen molar-refractivity contribution in [3.63, 3.8) is 0 Å². The lowest BCUT2D eigenvalue weighted by molar-refractivity contribution is -0.121. The summed E-state index contributed by atoms with van der Waals surface area (Å²) < 4.78 is 1.66. The molecule has 3 heterocycles. The fraction of sp³-hybridized carbons (Fsp3) is 0.556. The summed E-state index contributed by atoms with van der Waals surface area (Å²) in [5.74, 6) is 0.484. The zero-order valence-electron chi connectivity index (χ0n) is 16.4. The third kappa shape index (κ3) is 4.13. The van der Waals surface area contributed by atoms with Crippen LogP contribution in [0, 0.1) is 13.8 Å². The van der Waals surface area contributed by atoms with Crippen molar-refractivity contribution in [3.05, 3.63) is 27.8 Å². The van der Waals surface area contributed by atoms with Crippen molar-refractivity contribution in [2.24, 2.45) is 7.05 Å². The first-order valence-corrected chi connectivity index (χ1v) is 9.83. The quantitative estimate of drug-likeness (QED) is 0.837. The third-order valence-corrected chi connectivity index (χ3v) is 6.11. The number of thiazole rings is 1. The SMILES string of the molecule is Cc1nc(C(C)(C)NC(=O)N[C@H]2CCCN(c3ccn(C)n3)C2=O)sc1C. The second-order valence-corrected chi connectivity index (χ2v) is 8.62. The molecule has 3 amide bonds. The highest BCUT2D eigenvalue weighted by atomic mass is 32.1. The molecule has 0 radical (unpaired) electrons. The van der Waals surface area contributed by atoms with Gasteiger partial charge in [-0.15, -0.1) is 11.3 Å². The number of nitrogens with one attached hydrogen (secondary N) is 2. The Morgan fingerprint density at radius 1 is 1.37 bits per heavy atom. The summed E-state index contributed by atoms with van der Waals surface area (Å²) in [5.41, 5.74) is 0.352. The number of urea groups is 1. The van der Waals surface area contributed by atoms with Crippen molar-refractivity contribution < 1.29 is 9.59 Å². The van der Waals surface area contributed by atoms with Gasteiger partial charge in [0.2, 0.25) is 0 Å².